The maximum Gasteiger partial charge on any atom is 0.153 e. The van der Waals surface area contributed by atoms with Gasteiger partial charge in [-0.05, 0) is 25.5 Å². The molecule has 1 aromatic heterocycles. The van der Waals surface area contributed by atoms with Crippen molar-refractivity contribution in [1.82, 2.24) is 14.7 Å². The van der Waals surface area contributed by atoms with Gasteiger partial charge in [0, 0.05) is 31.1 Å². The van der Waals surface area contributed by atoms with Crippen molar-refractivity contribution in [2.45, 2.75) is 25.9 Å². The normalized spacial score (nSPS) is 18.4. The fraction of sp³-hybridized carbons (Fsp3) is 0.533. The summed E-state index contributed by atoms with van der Waals surface area (Å²) in [4.78, 5) is 2.48. The molecule has 1 aliphatic heterocycles. The topological polar surface area (TPSA) is 56.3 Å². The molecular formula is C15H22N4O. The van der Waals surface area contributed by atoms with E-state index in [9.17, 15) is 0 Å². The standard InChI is InChI=1S/C15H22N4O/c1-12(18-8-10-20-11-9-18)6-7-19-14-5-3-2-4-13(14)15(16)17-19/h2-5,12H,6-11H2,1H3,(H2,16,17). The Hall–Kier alpha value is -1.59. The Labute approximate surface area is 119 Å². The molecule has 1 aliphatic rings. The Bertz CT molecular complexity index is 574. The lowest BCUT2D eigenvalue weighted by Crippen LogP contribution is -2.42. The number of benzene rings is 1. The summed E-state index contributed by atoms with van der Waals surface area (Å²) in [7, 11) is 0. The highest BCUT2D eigenvalue weighted by Gasteiger charge is 2.17. The molecule has 1 saturated heterocycles. The Kier molecular flexibility index (Phi) is 3.89. The van der Waals surface area contributed by atoms with Gasteiger partial charge in [0.2, 0.25) is 0 Å². The second kappa shape index (κ2) is 5.81. The number of nitrogens with two attached hydrogens (primary N) is 1. The second-order valence-electron chi connectivity index (χ2n) is 5.41. The maximum atomic E-state index is 5.97. The maximum absolute atomic E-state index is 5.97. The highest BCUT2D eigenvalue weighted by atomic mass is 16.5. The predicted octanol–water partition coefficient (Wildman–Crippen LogP) is 1.73. The summed E-state index contributed by atoms with van der Waals surface area (Å²) in [6.07, 6.45) is 1.07. The molecule has 0 saturated carbocycles. The van der Waals surface area contributed by atoms with Crippen LogP contribution in [0.25, 0.3) is 10.9 Å². The molecule has 1 fully saturated rings. The van der Waals surface area contributed by atoms with Crippen molar-refractivity contribution < 1.29 is 4.74 Å². The van der Waals surface area contributed by atoms with Crippen LogP contribution in [0.2, 0.25) is 0 Å². The van der Waals surface area contributed by atoms with Crippen molar-refractivity contribution in [2.75, 3.05) is 32.0 Å². The van der Waals surface area contributed by atoms with E-state index in [1.807, 2.05) is 22.9 Å². The number of hydrogen-bond acceptors (Lipinski definition) is 4. The van der Waals surface area contributed by atoms with Gasteiger partial charge in [-0.15, -0.1) is 0 Å². The van der Waals surface area contributed by atoms with Crippen molar-refractivity contribution in [3.63, 3.8) is 0 Å². The molecule has 5 heteroatoms. The number of nitrogens with zero attached hydrogens (tertiary/aromatic N) is 3. The van der Waals surface area contributed by atoms with E-state index in [1.165, 1.54) is 0 Å². The number of rotatable bonds is 4. The first-order chi connectivity index (χ1) is 9.75. The van der Waals surface area contributed by atoms with Crippen molar-refractivity contribution in [3.8, 4) is 0 Å². The van der Waals surface area contributed by atoms with Crippen LogP contribution < -0.4 is 5.73 Å². The van der Waals surface area contributed by atoms with Gasteiger partial charge in [-0.1, -0.05) is 12.1 Å². The summed E-state index contributed by atoms with van der Waals surface area (Å²) in [6.45, 7) is 6.94. The minimum atomic E-state index is 0.545. The van der Waals surface area contributed by atoms with Gasteiger partial charge in [0.25, 0.3) is 0 Å². The number of aromatic nitrogens is 2. The second-order valence-corrected chi connectivity index (χ2v) is 5.41. The number of hydrogen-bond donors (Lipinski definition) is 1. The average Bonchev–Trinajstić information content (AvgIpc) is 2.83. The SMILES string of the molecule is CC(CCn1nc(N)c2ccccc21)N1CCOCC1. The first kappa shape index (κ1) is 13.4. The van der Waals surface area contributed by atoms with E-state index < -0.39 is 0 Å². The fourth-order valence-electron chi connectivity index (χ4n) is 2.83. The summed E-state index contributed by atoms with van der Waals surface area (Å²) in [6, 6.07) is 8.69. The molecular weight excluding hydrogens is 252 g/mol. The fourth-order valence-corrected chi connectivity index (χ4v) is 2.83. The molecule has 0 bridgehead atoms. The first-order valence-corrected chi connectivity index (χ1v) is 7.28. The third-order valence-electron chi connectivity index (χ3n) is 4.11. The number of aryl methyl sites for hydroxylation is 1. The summed E-state index contributed by atoms with van der Waals surface area (Å²) in [5, 5.41) is 5.51. The van der Waals surface area contributed by atoms with E-state index in [1.54, 1.807) is 0 Å². The molecule has 1 aromatic carbocycles. The zero-order valence-corrected chi connectivity index (χ0v) is 12.0. The van der Waals surface area contributed by atoms with E-state index in [0.29, 0.717) is 11.9 Å². The van der Waals surface area contributed by atoms with Gasteiger partial charge in [-0.25, -0.2) is 0 Å². The Morgan fingerprint density at radius 2 is 2.05 bits per heavy atom. The quantitative estimate of drug-likeness (QED) is 0.922. The van der Waals surface area contributed by atoms with E-state index in [2.05, 4.69) is 23.0 Å². The number of para-hydroxylation sites is 1. The summed E-state index contributed by atoms with van der Waals surface area (Å²) >= 11 is 0. The lowest BCUT2D eigenvalue weighted by molar-refractivity contribution is 0.0177. The van der Waals surface area contributed by atoms with E-state index in [4.69, 9.17) is 10.5 Å². The van der Waals surface area contributed by atoms with Crippen molar-refractivity contribution >= 4 is 16.7 Å². The van der Waals surface area contributed by atoms with Crippen LogP contribution >= 0.6 is 0 Å². The molecule has 3 rings (SSSR count). The van der Waals surface area contributed by atoms with Crippen LogP contribution in [-0.2, 0) is 11.3 Å². The average molecular weight is 274 g/mol. The summed E-state index contributed by atoms with van der Waals surface area (Å²) in [5.74, 6) is 0.625. The van der Waals surface area contributed by atoms with Gasteiger partial charge >= 0.3 is 0 Å². The molecule has 0 amide bonds. The van der Waals surface area contributed by atoms with Gasteiger partial charge in [-0.3, -0.25) is 9.58 Å². The van der Waals surface area contributed by atoms with Crippen LogP contribution in [0.1, 0.15) is 13.3 Å². The summed E-state index contributed by atoms with van der Waals surface area (Å²) < 4.78 is 7.43. The molecule has 108 valence electrons. The van der Waals surface area contributed by atoms with Gasteiger partial charge in [-0.2, -0.15) is 5.10 Å². The highest BCUT2D eigenvalue weighted by Crippen LogP contribution is 2.20. The number of morpholine rings is 1. The first-order valence-electron chi connectivity index (χ1n) is 7.28. The molecule has 5 nitrogen and oxygen atoms in total. The van der Waals surface area contributed by atoms with E-state index in [0.717, 1.165) is 50.2 Å². The molecule has 1 unspecified atom stereocenters. The molecule has 1 atom stereocenters. The molecule has 2 N–H and O–H groups in total. The van der Waals surface area contributed by atoms with Gasteiger partial charge in [0.1, 0.15) is 0 Å². The Morgan fingerprint density at radius 1 is 1.30 bits per heavy atom. The minimum Gasteiger partial charge on any atom is -0.382 e. The molecule has 0 aliphatic carbocycles. The van der Waals surface area contributed by atoms with Crippen LogP contribution in [0.15, 0.2) is 24.3 Å². The van der Waals surface area contributed by atoms with Gasteiger partial charge < -0.3 is 10.5 Å². The van der Waals surface area contributed by atoms with Crippen LogP contribution in [-0.4, -0.2) is 47.0 Å². The van der Waals surface area contributed by atoms with E-state index >= 15 is 0 Å². The molecule has 2 aromatic rings. The third kappa shape index (κ3) is 2.64. The largest absolute Gasteiger partial charge is 0.382 e. The molecule has 0 radical (unpaired) electrons. The smallest absolute Gasteiger partial charge is 0.153 e. The minimum absolute atomic E-state index is 0.545. The van der Waals surface area contributed by atoms with Crippen LogP contribution in [0.4, 0.5) is 5.82 Å². The summed E-state index contributed by atoms with van der Waals surface area (Å²) in [5.41, 5.74) is 7.09. The number of ether oxygens (including phenoxy) is 1. The van der Waals surface area contributed by atoms with Crippen molar-refractivity contribution in [2.24, 2.45) is 0 Å². The molecule has 2 heterocycles. The molecule has 0 spiro atoms. The number of anilines is 1. The monoisotopic (exact) mass is 274 g/mol. The third-order valence-corrected chi connectivity index (χ3v) is 4.11. The lowest BCUT2D eigenvalue weighted by atomic mass is 10.2. The molecule has 20 heavy (non-hydrogen) atoms. The predicted molar refractivity (Wildman–Crippen MR) is 80.6 cm³/mol. The highest BCUT2D eigenvalue weighted by molar-refractivity contribution is 5.88. The van der Waals surface area contributed by atoms with Gasteiger partial charge in [0.15, 0.2) is 5.82 Å². The number of fused-ring (bicyclic) bond motifs is 1. The Balaban J connectivity index is 1.67. The Morgan fingerprint density at radius 3 is 2.85 bits per heavy atom. The van der Waals surface area contributed by atoms with Crippen molar-refractivity contribution in [1.29, 1.82) is 0 Å². The van der Waals surface area contributed by atoms with E-state index in [-0.39, 0.29) is 0 Å². The van der Waals surface area contributed by atoms with Crippen molar-refractivity contribution in [3.05, 3.63) is 24.3 Å². The zero-order chi connectivity index (χ0) is 13.9. The van der Waals surface area contributed by atoms with Crippen LogP contribution in [0.3, 0.4) is 0 Å². The zero-order valence-electron chi connectivity index (χ0n) is 12.0. The number of nitrogen functional groups attached to an aromatic ring is 1. The van der Waals surface area contributed by atoms with Crippen LogP contribution in [0.5, 0.6) is 0 Å². The lowest BCUT2D eigenvalue weighted by Gasteiger charge is -2.32. The van der Waals surface area contributed by atoms with Gasteiger partial charge in [0.05, 0.1) is 18.7 Å². The van der Waals surface area contributed by atoms with Crippen LogP contribution in [0, 0.1) is 0 Å².